The number of halogens is 1. The van der Waals surface area contributed by atoms with E-state index < -0.39 is 21.7 Å². The summed E-state index contributed by atoms with van der Waals surface area (Å²) < 4.78 is 48.2. The van der Waals surface area contributed by atoms with Crippen molar-refractivity contribution in [1.29, 1.82) is 0 Å². The Balaban J connectivity index is 1.30. The smallest absolute Gasteiger partial charge is 0.264 e. The van der Waals surface area contributed by atoms with E-state index in [2.05, 4.69) is 14.7 Å². The molecule has 1 saturated heterocycles. The number of hydrogen-bond donors (Lipinski definition) is 1. The Hall–Kier alpha value is -4.58. The molecule has 0 radical (unpaired) electrons. The first-order chi connectivity index (χ1) is 18.8. The van der Waals surface area contributed by atoms with Crippen molar-refractivity contribution in [3.63, 3.8) is 0 Å². The largest absolute Gasteiger partial charge is 0.496 e. The molecule has 10 nitrogen and oxygen atoms in total. The Morgan fingerprint density at radius 1 is 0.923 bits per heavy atom. The summed E-state index contributed by atoms with van der Waals surface area (Å²) in [5.41, 5.74) is 0.734. The molecule has 1 aliphatic rings. The van der Waals surface area contributed by atoms with Crippen LogP contribution in [0, 0.1) is 5.82 Å². The van der Waals surface area contributed by atoms with Crippen molar-refractivity contribution in [2.24, 2.45) is 0 Å². The number of fused-ring (bicyclic) bond motifs is 1. The van der Waals surface area contributed by atoms with E-state index >= 15 is 0 Å². The average molecular weight is 550 g/mol. The fraction of sp³-hybridized carbons (Fsp3) is 0.185. The van der Waals surface area contributed by atoms with E-state index in [1.807, 2.05) is 0 Å². The van der Waals surface area contributed by atoms with E-state index in [0.717, 1.165) is 6.20 Å². The molecule has 3 heterocycles. The topological polar surface area (TPSA) is 122 Å². The zero-order valence-electron chi connectivity index (χ0n) is 20.9. The van der Waals surface area contributed by atoms with Crippen LogP contribution >= 0.6 is 0 Å². The molecule has 2 aromatic carbocycles. The Labute approximate surface area is 224 Å². The van der Waals surface area contributed by atoms with Gasteiger partial charge in [-0.15, -0.1) is 0 Å². The molecule has 2 amide bonds. The van der Waals surface area contributed by atoms with Gasteiger partial charge in [0.1, 0.15) is 10.6 Å². The first-order valence-corrected chi connectivity index (χ1v) is 13.5. The van der Waals surface area contributed by atoms with Crippen molar-refractivity contribution < 1.29 is 27.1 Å². The summed E-state index contributed by atoms with van der Waals surface area (Å²) in [5.74, 6) is -1.30. The molecule has 1 aliphatic heterocycles. The number of amides is 2. The molecule has 1 N–H and O–H groups in total. The zero-order valence-corrected chi connectivity index (χ0v) is 21.7. The lowest BCUT2D eigenvalue weighted by atomic mass is 10.1. The number of hydrogen-bond acceptors (Lipinski definition) is 7. The Morgan fingerprint density at radius 3 is 2.31 bits per heavy atom. The number of nitrogens with one attached hydrogen (secondary N) is 1. The number of methoxy groups -OCH3 is 1. The molecule has 1 fully saturated rings. The van der Waals surface area contributed by atoms with Gasteiger partial charge in [0.25, 0.3) is 21.8 Å². The lowest BCUT2D eigenvalue weighted by Gasteiger charge is -2.35. The minimum absolute atomic E-state index is 0.0267. The second kappa shape index (κ2) is 10.7. The monoisotopic (exact) mass is 549 g/mol. The van der Waals surface area contributed by atoms with E-state index in [1.165, 1.54) is 54.7 Å². The number of ether oxygens (including phenoxy) is 1. The molecule has 5 rings (SSSR count). The predicted molar refractivity (Wildman–Crippen MR) is 142 cm³/mol. The van der Waals surface area contributed by atoms with Crippen LogP contribution in [-0.4, -0.2) is 73.3 Å². The zero-order chi connectivity index (χ0) is 27.6. The summed E-state index contributed by atoms with van der Waals surface area (Å²) in [6.45, 7) is 0.934. The number of aromatic nitrogens is 2. The van der Waals surface area contributed by atoms with E-state index in [0.29, 0.717) is 10.9 Å². The fourth-order valence-electron chi connectivity index (χ4n) is 4.44. The van der Waals surface area contributed by atoms with Crippen molar-refractivity contribution in [3.05, 3.63) is 90.1 Å². The van der Waals surface area contributed by atoms with E-state index in [-0.39, 0.29) is 59.5 Å². The highest BCUT2D eigenvalue weighted by Gasteiger charge is 2.28. The number of sulfonamides is 1. The number of piperazine rings is 1. The number of rotatable bonds is 6. The molecular weight excluding hydrogens is 525 g/mol. The van der Waals surface area contributed by atoms with Crippen LogP contribution in [0.5, 0.6) is 5.75 Å². The van der Waals surface area contributed by atoms with Gasteiger partial charge in [0, 0.05) is 50.0 Å². The van der Waals surface area contributed by atoms with Gasteiger partial charge in [-0.1, -0.05) is 18.2 Å². The summed E-state index contributed by atoms with van der Waals surface area (Å²) in [5, 5.41) is 0.687. The highest BCUT2D eigenvalue weighted by molar-refractivity contribution is 7.93. The van der Waals surface area contributed by atoms with Crippen LogP contribution < -0.4 is 9.46 Å². The Bertz CT molecular complexity index is 1670. The highest BCUT2D eigenvalue weighted by Crippen LogP contribution is 2.28. The highest BCUT2D eigenvalue weighted by atomic mass is 32.2. The van der Waals surface area contributed by atoms with Crippen LogP contribution in [-0.2, 0) is 10.0 Å². The first-order valence-electron chi connectivity index (χ1n) is 12.0. The molecule has 200 valence electrons. The normalized spacial score (nSPS) is 13.8. The molecule has 0 saturated carbocycles. The van der Waals surface area contributed by atoms with Crippen LogP contribution in [0.15, 0.2) is 78.1 Å². The summed E-state index contributed by atoms with van der Waals surface area (Å²) in [7, 11) is -2.60. The second-order valence-corrected chi connectivity index (χ2v) is 10.4. The molecule has 0 unspecified atom stereocenters. The number of anilines is 1. The number of carbonyl (C=O) groups excluding carboxylic acids is 2. The fourth-order valence-corrected chi connectivity index (χ4v) is 5.67. The summed E-state index contributed by atoms with van der Waals surface area (Å²) >= 11 is 0. The molecule has 0 aliphatic carbocycles. The lowest BCUT2D eigenvalue weighted by molar-refractivity contribution is 0.0531. The molecule has 12 heteroatoms. The number of benzene rings is 2. The van der Waals surface area contributed by atoms with E-state index in [9.17, 15) is 22.4 Å². The molecule has 4 aromatic rings. The van der Waals surface area contributed by atoms with Gasteiger partial charge in [-0.05, 0) is 30.3 Å². The maximum atomic E-state index is 14.0. The number of nitrogens with zero attached hydrogens (tertiary/aromatic N) is 4. The van der Waals surface area contributed by atoms with Crippen LogP contribution in [0.25, 0.3) is 10.9 Å². The third kappa shape index (κ3) is 5.23. The van der Waals surface area contributed by atoms with Gasteiger partial charge < -0.3 is 14.5 Å². The van der Waals surface area contributed by atoms with Gasteiger partial charge in [-0.2, -0.15) is 0 Å². The van der Waals surface area contributed by atoms with Crippen molar-refractivity contribution in [2.75, 3.05) is 38.0 Å². The quantitative estimate of drug-likeness (QED) is 0.392. The van der Waals surface area contributed by atoms with Gasteiger partial charge in [0.15, 0.2) is 5.82 Å². The molecule has 0 bridgehead atoms. The van der Waals surface area contributed by atoms with E-state index in [1.54, 1.807) is 29.2 Å². The SMILES string of the molecule is COc1cc(NS(=O)(=O)c2cccc3cccnc23)ccc1C(=O)N1CCN(C(=O)c2ccncc2F)CC1. The lowest BCUT2D eigenvalue weighted by Crippen LogP contribution is -2.50. The van der Waals surface area contributed by atoms with E-state index in [4.69, 9.17) is 4.74 Å². The number of para-hydroxylation sites is 1. The van der Waals surface area contributed by atoms with Gasteiger partial charge in [0.2, 0.25) is 0 Å². The van der Waals surface area contributed by atoms with Crippen molar-refractivity contribution in [2.45, 2.75) is 4.90 Å². The van der Waals surface area contributed by atoms with Crippen LogP contribution in [0.3, 0.4) is 0 Å². The van der Waals surface area contributed by atoms with Crippen molar-refractivity contribution in [3.8, 4) is 5.75 Å². The third-order valence-electron chi connectivity index (χ3n) is 6.43. The number of carbonyl (C=O) groups is 2. The second-order valence-electron chi connectivity index (χ2n) is 8.79. The molecular formula is C27H24FN5O5S. The van der Waals surface area contributed by atoms with Crippen LogP contribution in [0.1, 0.15) is 20.7 Å². The van der Waals surface area contributed by atoms with Gasteiger partial charge in [-0.25, -0.2) is 12.8 Å². The average Bonchev–Trinajstić information content (AvgIpc) is 2.96. The maximum Gasteiger partial charge on any atom is 0.264 e. The minimum atomic E-state index is -3.99. The summed E-state index contributed by atoms with van der Waals surface area (Å²) in [4.78, 5) is 36.9. The maximum absolute atomic E-state index is 14.0. The molecule has 2 aromatic heterocycles. The standard InChI is InChI=1S/C27H24FN5O5S/c1-38-23-16-19(31-39(36,37)24-6-2-4-18-5-3-10-30-25(18)24)7-8-21(23)27(35)33-14-12-32(13-15-33)26(34)20-9-11-29-17-22(20)28/h2-11,16-17,31H,12-15H2,1H3. The molecule has 0 spiro atoms. The first kappa shape index (κ1) is 26.0. The predicted octanol–water partition coefficient (Wildman–Crippen LogP) is 3.18. The number of pyridine rings is 2. The summed E-state index contributed by atoms with van der Waals surface area (Å²) in [6.07, 6.45) is 3.87. The van der Waals surface area contributed by atoms with Gasteiger partial charge in [0.05, 0.1) is 35.6 Å². The third-order valence-corrected chi connectivity index (χ3v) is 7.84. The van der Waals surface area contributed by atoms with Crippen molar-refractivity contribution in [1.82, 2.24) is 19.8 Å². The van der Waals surface area contributed by atoms with Crippen LogP contribution in [0.4, 0.5) is 10.1 Å². The Kier molecular flexibility index (Phi) is 7.11. The van der Waals surface area contributed by atoms with Crippen LogP contribution in [0.2, 0.25) is 0 Å². The Morgan fingerprint density at radius 2 is 1.62 bits per heavy atom. The molecule has 39 heavy (non-hydrogen) atoms. The van der Waals surface area contributed by atoms with Gasteiger partial charge >= 0.3 is 0 Å². The molecule has 0 atom stereocenters. The minimum Gasteiger partial charge on any atom is -0.496 e. The van der Waals surface area contributed by atoms with Gasteiger partial charge in [-0.3, -0.25) is 24.3 Å². The summed E-state index contributed by atoms with van der Waals surface area (Å²) in [6, 6.07) is 14.1. The van der Waals surface area contributed by atoms with Crippen molar-refractivity contribution >= 4 is 38.4 Å².